The molecule has 4 nitrogen and oxygen atoms in total. The molecule has 0 aliphatic heterocycles. The second-order valence-corrected chi connectivity index (χ2v) is 3.01. The lowest BCUT2D eigenvalue weighted by atomic mass is 10.9. The summed E-state index contributed by atoms with van der Waals surface area (Å²) in [7, 11) is 0. The summed E-state index contributed by atoms with van der Waals surface area (Å²) >= 11 is 6.82. The van der Waals surface area contributed by atoms with Crippen molar-refractivity contribution in [2.75, 3.05) is 12.4 Å². The molecule has 0 aliphatic rings. The van der Waals surface area contributed by atoms with Gasteiger partial charge in [-0.2, -0.15) is 4.98 Å². The van der Waals surface area contributed by atoms with Gasteiger partial charge in [-0.05, 0) is 11.6 Å². The Bertz CT molecular complexity index is 235. The minimum Gasteiger partial charge on any atom is -0.396 e. The van der Waals surface area contributed by atoms with Gasteiger partial charge in [-0.25, -0.2) is 9.97 Å². The minimum absolute atomic E-state index is 0.105. The van der Waals surface area contributed by atoms with Crippen molar-refractivity contribution in [3.63, 3.8) is 0 Å². The third-order valence-corrected chi connectivity index (χ3v) is 1.87. The Morgan fingerprint density at radius 3 is 3.00 bits per heavy atom. The highest BCUT2D eigenvalue weighted by Crippen LogP contribution is 2.11. The Kier molecular flexibility index (Phi) is 3.55. The van der Waals surface area contributed by atoms with Crippen LogP contribution < -0.4 is 0 Å². The molecule has 1 rings (SSSR count). The van der Waals surface area contributed by atoms with Gasteiger partial charge in [0.2, 0.25) is 5.28 Å². The van der Waals surface area contributed by atoms with Crippen LogP contribution in [-0.4, -0.2) is 32.4 Å². The normalized spacial score (nSPS) is 10.0. The molecule has 0 saturated carbocycles. The third kappa shape index (κ3) is 3.00. The van der Waals surface area contributed by atoms with E-state index < -0.39 is 0 Å². The van der Waals surface area contributed by atoms with Crippen LogP contribution in [0.3, 0.4) is 0 Å². The van der Waals surface area contributed by atoms with E-state index in [2.05, 4.69) is 15.0 Å². The zero-order valence-electron chi connectivity index (χ0n) is 5.57. The SMILES string of the molecule is OCCSc1ncnc(Cl)n1. The number of halogens is 1. The molecule has 1 aromatic rings. The molecule has 1 aromatic heterocycles. The average molecular weight is 192 g/mol. The van der Waals surface area contributed by atoms with Gasteiger partial charge in [0.15, 0.2) is 5.16 Å². The van der Waals surface area contributed by atoms with Crippen LogP contribution in [0.15, 0.2) is 11.5 Å². The van der Waals surface area contributed by atoms with Gasteiger partial charge in [0, 0.05) is 5.75 Å². The molecule has 0 bridgehead atoms. The summed E-state index contributed by atoms with van der Waals surface area (Å²) in [5, 5.41) is 9.19. The van der Waals surface area contributed by atoms with Crippen molar-refractivity contribution in [1.82, 2.24) is 15.0 Å². The van der Waals surface area contributed by atoms with Gasteiger partial charge in [-0.3, -0.25) is 0 Å². The van der Waals surface area contributed by atoms with Crippen molar-refractivity contribution < 1.29 is 5.11 Å². The molecule has 0 fully saturated rings. The lowest BCUT2D eigenvalue weighted by Gasteiger charge is -1.95. The van der Waals surface area contributed by atoms with Crippen LogP contribution in [0.2, 0.25) is 5.28 Å². The van der Waals surface area contributed by atoms with Gasteiger partial charge in [-0.1, -0.05) is 11.8 Å². The van der Waals surface area contributed by atoms with E-state index in [9.17, 15) is 0 Å². The van der Waals surface area contributed by atoms with Crippen LogP contribution in [0.4, 0.5) is 0 Å². The lowest BCUT2D eigenvalue weighted by molar-refractivity contribution is 0.322. The predicted octanol–water partition coefficient (Wildman–Crippen LogP) is 0.609. The zero-order valence-corrected chi connectivity index (χ0v) is 7.14. The van der Waals surface area contributed by atoms with Crippen molar-refractivity contribution in [2.45, 2.75) is 5.16 Å². The smallest absolute Gasteiger partial charge is 0.226 e. The molecule has 11 heavy (non-hydrogen) atoms. The Hall–Kier alpha value is -0.390. The Labute approximate surface area is 73.0 Å². The standard InChI is InChI=1S/C5H6ClN3OS/c6-4-7-3-8-5(9-4)11-2-1-10/h3,10H,1-2H2. The van der Waals surface area contributed by atoms with Crippen LogP contribution in [0.1, 0.15) is 0 Å². The van der Waals surface area contributed by atoms with Gasteiger partial charge in [0.25, 0.3) is 0 Å². The minimum atomic E-state index is 0.105. The molecule has 0 aromatic carbocycles. The second kappa shape index (κ2) is 4.48. The van der Waals surface area contributed by atoms with E-state index in [1.807, 2.05) is 0 Å². The summed E-state index contributed by atoms with van der Waals surface area (Å²) in [6.07, 6.45) is 1.34. The number of nitrogens with zero attached hydrogens (tertiary/aromatic N) is 3. The van der Waals surface area contributed by atoms with Crippen LogP contribution in [0.5, 0.6) is 0 Å². The average Bonchev–Trinajstić information content (AvgIpc) is 2.01. The highest BCUT2D eigenvalue weighted by molar-refractivity contribution is 7.99. The van der Waals surface area contributed by atoms with E-state index in [0.717, 1.165) is 0 Å². The predicted molar refractivity (Wildman–Crippen MR) is 42.6 cm³/mol. The summed E-state index contributed by atoms with van der Waals surface area (Å²) in [5.74, 6) is 0.570. The number of aliphatic hydroxyl groups excluding tert-OH is 1. The molecular weight excluding hydrogens is 186 g/mol. The molecule has 0 unspecified atom stereocenters. The molecule has 0 amide bonds. The number of thioether (sulfide) groups is 1. The lowest BCUT2D eigenvalue weighted by Crippen LogP contribution is -1.92. The van der Waals surface area contributed by atoms with Crippen molar-refractivity contribution in [3.8, 4) is 0 Å². The Morgan fingerprint density at radius 2 is 2.36 bits per heavy atom. The highest BCUT2D eigenvalue weighted by Gasteiger charge is 1.97. The third-order valence-electron chi connectivity index (χ3n) is 0.843. The van der Waals surface area contributed by atoms with Crippen LogP contribution in [0, 0.1) is 0 Å². The molecular formula is C5H6ClN3OS. The quantitative estimate of drug-likeness (QED) is 0.710. The van der Waals surface area contributed by atoms with Gasteiger partial charge in [0.1, 0.15) is 6.33 Å². The molecule has 0 aliphatic carbocycles. The van der Waals surface area contributed by atoms with E-state index in [0.29, 0.717) is 10.9 Å². The van der Waals surface area contributed by atoms with Crippen LogP contribution in [-0.2, 0) is 0 Å². The molecule has 6 heteroatoms. The zero-order chi connectivity index (χ0) is 8.10. The number of aromatic nitrogens is 3. The molecule has 0 saturated heterocycles. The topological polar surface area (TPSA) is 58.9 Å². The molecule has 1 heterocycles. The molecule has 0 spiro atoms. The number of hydrogen-bond donors (Lipinski definition) is 1. The fourth-order valence-electron chi connectivity index (χ4n) is 0.469. The van der Waals surface area contributed by atoms with E-state index in [-0.39, 0.29) is 11.9 Å². The van der Waals surface area contributed by atoms with Gasteiger partial charge < -0.3 is 5.11 Å². The van der Waals surface area contributed by atoms with Crippen LogP contribution >= 0.6 is 23.4 Å². The van der Waals surface area contributed by atoms with Crippen molar-refractivity contribution in [3.05, 3.63) is 11.6 Å². The maximum Gasteiger partial charge on any atom is 0.226 e. The van der Waals surface area contributed by atoms with E-state index in [1.54, 1.807) is 0 Å². The first kappa shape index (κ1) is 8.70. The summed E-state index contributed by atoms with van der Waals surface area (Å²) in [4.78, 5) is 11.2. The Balaban J connectivity index is 2.56. The number of hydrogen-bond acceptors (Lipinski definition) is 5. The highest BCUT2D eigenvalue weighted by atomic mass is 35.5. The largest absolute Gasteiger partial charge is 0.396 e. The van der Waals surface area contributed by atoms with Crippen molar-refractivity contribution in [2.24, 2.45) is 0 Å². The maximum atomic E-state index is 8.47. The second-order valence-electron chi connectivity index (χ2n) is 1.61. The van der Waals surface area contributed by atoms with E-state index >= 15 is 0 Å². The van der Waals surface area contributed by atoms with E-state index in [1.165, 1.54) is 18.1 Å². The summed E-state index contributed by atoms with van der Waals surface area (Å²) in [6.45, 7) is 0.105. The first-order valence-electron chi connectivity index (χ1n) is 2.91. The first-order chi connectivity index (χ1) is 5.33. The maximum absolute atomic E-state index is 8.47. The molecule has 60 valence electrons. The van der Waals surface area contributed by atoms with Crippen molar-refractivity contribution in [1.29, 1.82) is 0 Å². The summed E-state index contributed by atoms with van der Waals surface area (Å²) in [5.41, 5.74) is 0. The molecule has 1 N–H and O–H groups in total. The number of aliphatic hydroxyl groups is 1. The van der Waals surface area contributed by atoms with Crippen molar-refractivity contribution >= 4 is 23.4 Å². The molecule has 0 radical (unpaired) electrons. The fourth-order valence-corrected chi connectivity index (χ4v) is 1.19. The van der Waals surface area contributed by atoms with Crippen LogP contribution in [0.25, 0.3) is 0 Å². The molecule has 0 atom stereocenters. The van der Waals surface area contributed by atoms with Gasteiger partial charge in [-0.15, -0.1) is 0 Å². The first-order valence-corrected chi connectivity index (χ1v) is 4.27. The summed E-state index contributed by atoms with van der Waals surface area (Å²) in [6, 6.07) is 0. The monoisotopic (exact) mass is 191 g/mol. The summed E-state index contributed by atoms with van der Waals surface area (Å²) < 4.78 is 0. The van der Waals surface area contributed by atoms with Gasteiger partial charge >= 0.3 is 0 Å². The Morgan fingerprint density at radius 1 is 1.55 bits per heavy atom. The fraction of sp³-hybridized carbons (Fsp3) is 0.400. The number of rotatable bonds is 3. The van der Waals surface area contributed by atoms with Gasteiger partial charge in [0.05, 0.1) is 6.61 Å². The van der Waals surface area contributed by atoms with E-state index in [4.69, 9.17) is 16.7 Å².